The highest BCUT2D eigenvalue weighted by Gasteiger charge is 2.66. The number of amides is 1. The molecule has 1 N–H and O–H groups in total. The van der Waals surface area contributed by atoms with Gasteiger partial charge in [-0.15, -0.1) is 0 Å². The van der Waals surface area contributed by atoms with Crippen molar-refractivity contribution in [3.63, 3.8) is 0 Å². The first-order valence-corrected chi connectivity index (χ1v) is 9.28. The first-order chi connectivity index (χ1) is 11.9. The molecule has 126 valence electrons. The molecule has 3 heterocycles. The first-order valence-electron chi connectivity index (χ1n) is 8.20. The van der Waals surface area contributed by atoms with Crippen LogP contribution < -0.4 is 10.5 Å². The number of rotatable bonds is 1. The highest BCUT2D eigenvalue weighted by Crippen LogP contribution is 2.66. The summed E-state index contributed by atoms with van der Waals surface area (Å²) < 4.78 is 2.55. The summed E-state index contributed by atoms with van der Waals surface area (Å²) in [6.45, 7) is 0. The van der Waals surface area contributed by atoms with E-state index in [0.717, 1.165) is 32.3 Å². The summed E-state index contributed by atoms with van der Waals surface area (Å²) in [5.74, 6) is 0.262. The van der Waals surface area contributed by atoms with E-state index in [-0.39, 0.29) is 17.4 Å². The topological polar surface area (TPSA) is 58.1 Å². The van der Waals surface area contributed by atoms with Crippen LogP contribution in [0.4, 0.5) is 5.69 Å². The van der Waals surface area contributed by atoms with E-state index in [1.54, 1.807) is 16.5 Å². The fraction of sp³-hybridized carbons (Fsp3) is 0.263. The predicted molar refractivity (Wildman–Crippen MR) is 105 cm³/mol. The zero-order chi connectivity index (χ0) is 17.5. The van der Waals surface area contributed by atoms with Crippen LogP contribution in [0.3, 0.4) is 0 Å². The number of halogens is 1. The molecule has 3 aromatic rings. The molecule has 1 fully saturated rings. The lowest BCUT2D eigenvalue weighted by Gasteiger charge is -2.12. The molecule has 0 unspecified atom stereocenters. The summed E-state index contributed by atoms with van der Waals surface area (Å²) in [4.78, 5) is 30.4. The van der Waals surface area contributed by atoms with Gasteiger partial charge in [-0.05, 0) is 52.3 Å². The number of fused-ring (bicyclic) bond motifs is 3. The van der Waals surface area contributed by atoms with Gasteiger partial charge in [0.15, 0.2) is 0 Å². The van der Waals surface area contributed by atoms with E-state index in [4.69, 9.17) is 0 Å². The van der Waals surface area contributed by atoms with Crippen molar-refractivity contribution in [1.82, 2.24) is 9.55 Å². The number of nitrogens with zero attached hydrogens (tertiary/aromatic N) is 2. The Kier molecular flexibility index (Phi) is 2.89. The van der Waals surface area contributed by atoms with Crippen LogP contribution >= 0.6 is 22.6 Å². The zero-order valence-corrected chi connectivity index (χ0v) is 16.0. The second-order valence-electron chi connectivity index (χ2n) is 7.02. The molecule has 2 aliphatic rings. The normalized spacial score (nSPS) is 24.4. The molecule has 6 heteroatoms. The molecule has 0 bridgehead atoms. The molecule has 1 aliphatic heterocycles. The smallest absolute Gasteiger partial charge is 0.274 e. The largest absolute Gasteiger partial charge is 0.345 e. The first kappa shape index (κ1) is 15.2. The number of anilines is 1. The highest BCUT2D eigenvalue weighted by atomic mass is 127. The summed E-state index contributed by atoms with van der Waals surface area (Å²) in [5, 5.41) is 0.939. The molecule has 0 saturated heterocycles. The maximum Gasteiger partial charge on any atom is 0.274 e. The Bertz CT molecular complexity index is 1130. The lowest BCUT2D eigenvalue weighted by Crippen LogP contribution is -2.29. The number of aromatic amines is 1. The van der Waals surface area contributed by atoms with E-state index >= 15 is 0 Å². The molecule has 1 amide bonds. The second kappa shape index (κ2) is 4.75. The summed E-state index contributed by atoms with van der Waals surface area (Å²) in [6, 6.07) is 10.0. The standard InChI is InChI=1S/C19H16IN3O2/c1-22-9-11(10-7-15(20)21-16(10)17(22)24)13-8-19(13)12-5-3-4-6-14(12)23(2)18(19)25/h3-7,9,13,21H,8H2,1-2H3/t13-,19-/m0/s1. The number of hydrogen-bond donors (Lipinski definition) is 1. The fourth-order valence-electron chi connectivity index (χ4n) is 4.45. The van der Waals surface area contributed by atoms with Gasteiger partial charge in [-0.3, -0.25) is 9.59 Å². The Morgan fingerprint density at radius 2 is 2.00 bits per heavy atom. The summed E-state index contributed by atoms with van der Waals surface area (Å²) >= 11 is 2.19. The molecule has 2 aromatic heterocycles. The van der Waals surface area contributed by atoms with Crippen molar-refractivity contribution in [2.45, 2.75) is 17.8 Å². The van der Waals surface area contributed by atoms with Crippen LogP contribution in [0.15, 0.2) is 41.3 Å². The Labute approximate surface area is 157 Å². The van der Waals surface area contributed by atoms with Crippen LogP contribution in [0.25, 0.3) is 10.9 Å². The van der Waals surface area contributed by atoms with Crippen molar-refractivity contribution in [2.75, 3.05) is 11.9 Å². The average Bonchev–Trinajstić information content (AvgIpc) is 3.17. The molecule has 1 aliphatic carbocycles. The number of para-hydroxylation sites is 1. The summed E-state index contributed by atoms with van der Waals surface area (Å²) in [5.41, 5.74) is 3.30. The zero-order valence-electron chi connectivity index (χ0n) is 13.8. The number of carbonyl (C=O) groups is 1. The number of H-pyrrole nitrogens is 1. The van der Waals surface area contributed by atoms with Crippen molar-refractivity contribution < 1.29 is 4.79 Å². The fourth-order valence-corrected chi connectivity index (χ4v) is 5.03. The van der Waals surface area contributed by atoms with Gasteiger partial charge in [0.05, 0.1) is 9.12 Å². The molecule has 1 aromatic carbocycles. The molecule has 0 radical (unpaired) electrons. The Hall–Kier alpha value is -2.09. The van der Waals surface area contributed by atoms with E-state index in [0.29, 0.717) is 5.52 Å². The van der Waals surface area contributed by atoms with Gasteiger partial charge in [0.25, 0.3) is 5.56 Å². The predicted octanol–water partition coefficient (Wildman–Crippen LogP) is 2.87. The number of benzene rings is 1. The summed E-state index contributed by atoms with van der Waals surface area (Å²) in [7, 11) is 3.62. The maximum atomic E-state index is 13.1. The second-order valence-corrected chi connectivity index (χ2v) is 8.18. The number of aromatic nitrogens is 2. The number of hydrogen-bond acceptors (Lipinski definition) is 2. The quantitative estimate of drug-likeness (QED) is 0.586. The molecule has 1 spiro atoms. The van der Waals surface area contributed by atoms with E-state index in [2.05, 4.69) is 33.6 Å². The molecule has 5 rings (SSSR count). The Morgan fingerprint density at radius 3 is 2.80 bits per heavy atom. The molecule has 5 nitrogen and oxygen atoms in total. The molecular weight excluding hydrogens is 429 g/mol. The number of aryl methyl sites for hydroxylation is 1. The van der Waals surface area contributed by atoms with E-state index < -0.39 is 5.41 Å². The number of likely N-dealkylation sites (N-methyl/N-ethyl adjacent to an activating group) is 1. The monoisotopic (exact) mass is 445 g/mol. The van der Waals surface area contributed by atoms with Crippen molar-refractivity contribution in [3.05, 3.63) is 61.7 Å². The minimum absolute atomic E-state index is 0.0355. The molecule has 2 atom stereocenters. The number of nitrogens with one attached hydrogen (secondary N) is 1. The van der Waals surface area contributed by atoms with E-state index in [1.165, 1.54) is 0 Å². The van der Waals surface area contributed by atoms with Crippen molar-refractivity contribution >= 4 is 45.1 Å². The van der Waals surface area contributed by atoms with Gasteiger partial charge in [0.2, 0.25) is 5.91 Å². The highest BCUT2D eigenvalue weighted by molar-refractivity contribution is 14.1. The van der Waals surface area contributed by atoms with Crippen LogP contribution in [0.2, 0.25) is 0 Å². The van der Waals surface area contributed by atoms with Gasteiger partial charge in [0, 0.05) is 37.3 Å². The minimum atomic E-state index is -0.474. The van der Waals surface area contributed by atoms with Crippen LogP contribution in [0.5, 0.6) is 0 Å². The molecule has 1 saturated carbocycles. The van der Waals surface area contributed by atoms with Crippen LogP contribution in [-0.2, 0) is 17.3 Å². The third-order valence-corrected chi connectivity index (χ3v) is 6.31. The van der Waals surface area contributed by atoms with E-state index in [1.807, 2.05) is 37.5 Å². The van der Waals surface area contributed by atoms with Crippen molar-refractivity contribution in [2.24, 2.45) is 7.05 Å². The Balaban J connectivity index is 1.74. The lowest BCUT2D eigenvalue weighted by molar-refractivity contribution is -0.120. The average molecular weight is 445 g/mol. The van der Waals surface area contributed by atoms with Gasteiger partial charge in [-0.1, -0.05) is 18.2 Å². The summed E-state index contributed by atoms with van der Waals surface area (Å²) in [6.07, 6.45) is 2.70. The third kappa shape index (κ3) is 1.78. The Morgan fingerprint density at radius 1 is 1.24 bits per heavy atom. The minimum Gasteiger partial charge on any atom is -0.345 e. The third-order valence-electron chi connectivity index (χ3n) is 5.73. The van der Waals surface area contributed by atoms with Gasteiger partial charge >= 0.3 is 0 Å². The molecular formula is C19H16IN3O2. The SMILES string of the molecule is CN1C(=O)[C@@]2(C[C@H]2c2cn(C)c(=O)c3[nH]c(I)cc23)c2ccccc21. The van der Waals surface area contributed by atoms with Gasteiger partial charge in [-0.25, -0.2) is 0 Å². The van der Waals surface area contributed by atoms with E-state index in [9.17, 15) is 9.59 Å². The number of pyridine rings is 1. The van der Waals surface area contributed by atoms with Crippen LogP contribution in [0, 0.1) is 3.70 Å². The molecule has 25 heavy (non-hydrogen) atoms. The van der Waals surface area contributed by atoms with Crippen LogP contribution in [0.1, 0.15) is 23.5 Å². The van der Waals surface area contributed by atoms with Gasteiger partial charge in [-0.2, -0.15) is 0 Å². The van der Waals surface area contributed by atoms with Crippen molar-refractivity contribution in [3.8, 4) is 0 Å². The van der Waals surface area contributed by atoms with Gasteiger partial charge < -0.3 is 14.5 Å². The van der Waals surface area contributed by atoms with Crippen molar-refractivity contribution in [1.29, 1.82) is 0 Å². The lowest BCUT2D eigenvalue weighted by atomic mass is 9.91. The van der Waals surface area contributed by atoms with Gasteiger partial charge in [0.1, 0.15) is 5.52 Å². The van der Waals surface area contributed by atoms with Crippen LogP contribution in [-0.4, -0.2) is 22.5 Å². The number of carbonyl (C=O) groups excluding carboxylic acids is 1. The maximum absolute atomic E-state index is 13.1.